The Morgan fingerprint density at radius 3 is 2.05 bits per heavy atom. The van der Waals surface area contributed by atoms with E-state index in [1.807, 2.05) is 36.4 Å². The van der Waals surface area contributed by atoms with E-state index in [4.69, 9.17) is 32.6 Å². The molecule has 12 heteroatoms. The van der Waals surface area contributed by atoms with Gasteiger partial charge in [-0.3, -0.25) is 15.0 Å². The van der Waals surface area contributed by atoms with Crippen LogP contribution in [0.25, 0.3) is 0 Å². The van der Waals surface area contributed by atoms with E-state index in [0.29, 0.717) is 29.2 Å². The lowest BCUT2D eigenvalue weighted by atomic mass is 10.1. The number of para-hydroxylation sites is 1. The molecule has 0 spiro atoms. The first-order chi connectivity index (χ1) is 17.9. The lowest BCUT2D eigenvalue weighted by molar-refractivity contribution is -0.192. The molecule has 2 amide bonds. The maximum absolute atomic E-state index is 13.2. The molecule has 0 saturated heterocycles. The van der Waals surface area contributed by atoms with Crippen LogP contribution in [0.4, 0.5) is 18.9 Å². The number of benzene rings is 3. The number of nitrogens with one attached hydrogen (secondary N) is 1. The highest BCUT2D eigenvalue weighted by Crippen LogP contribution is 2.28. The third-order valence-corrected chi connectivity index (χ3v) is 5.75. The number of nitrogens with two attached hydrogens (primary N) is 1. The molecule has 0 atom stereocenters. The fraction of sp³-hybridized carbons (Fsp3) is 0.154. The van der Waals surface area contributed by atoms with Gasteiger partial charge in [0.25, 0.3) is 5.91 Å². The number of rotatable bonds is 4. The Labute approximate surface area is 220 Å². The van der Waals surface area contributed by atoms with Crippen LogP contribution in [0, 0.1) is 5.41 Å². The van der Waals surface area contributed by atoms with Crippen molar-refractivity contribution in [3.63, 3.8) is 0 Å². The Hall–Kier alpha value is -4.38. The maximum atomic E-state index is 13.2. The highest BCUT2D eigenvalue weighted by atomic mass is 35.5. The summed E-state index contributed by atoms with van der Waals surface area (Å²) in [5.41, 5.74) is 9.24. The van der Waals surface area contributed by atoms with E-state index in [1.54, 1.807) is 46.2 Å². The van der Waals surface area contributed by atoms with Crippen LogP contribution in [0.1, 0.15) is 27.0 Å². The van der Waals surface area contributed by atoms with E-state index < -0.39 is 12.1 Å². The first kappa shape index (κ1) is 28.2. The van der Waals surface area contributed by atoms with Crippen LogP contribution in [0.5, 0.6) is 0 Å². The number of carboxylic acid groups (broad SMARTS) is 1. The number of carbonyl (C=O) groups is 3. The predicted octanol–water partition coefficient (Wildman–Crippen LogP) is 4.45. The van der Waals surface area contributed by atoms with Gasteiger partial charge in [0, 0.05) is 28.4 Å². The van der Waals surface area contributed by atoms with E-state index in [2.05, 4.69) is 0 Å². The number of hydrogen-bond acceptors (Lipinski definition) is 4. The van der Waals surface area contributed by atoms with Gasteiger partial charge in [-0.2, -0.15) is 13.2 Å². The van der Waals surface area contributed by atoms with Crippen LogP contribution in [0.15, 0.2) is 72.8 Å². The maximum Gasteiger partial charge on any atom is 0.490 e. The van der Waals surface area contributed by atoms with Gasteiger partial charge in [0.1, 0.15) is 12.4 Å². The Bertz CT molecular complexity index is 1350. The van der Waals surface area contributed by atoms with Gasteiger partial charge < -0.3 is 20.6 Å². The molecule has 8 nitrogen and oxygen atoms in total. The molecule has 0 aliphatic carbocycles. The summed E-state index contributed by atoms with van der Waals surface area (Å²) >= 11 is 5.94. The van der Waals surface area contributed by atoms with Crippen LogP contribution < -0.4 is 10.6 Å². The Morgan fingerprint density at radius 2 is 1.50 bits per heavy atom. The van der Waals surface area contributed by atoms with E-state index in [-0.39, 0.29) is 24.2 Å². The normalized spacial score (nSPS) is 13.1. The smallest absolute Gasteiger partial charge is 0.475 e. The summed E-state index contributed by atoms with van der Waals surface area (Å²) in [6.07, 6.45) is -5.08. The minimum Gasteiger partial charge on any atom is -0.475 e. The summed E-state index contributed by atoms with van der Waals surface area (Å²) in [6, 6.07) is 21.5. The van der Waals surface area contributed by atoms with Gasteiger partial charge in [0.05, 0.1) is 6.54 Å². The van der Waals surface area contributed by atoms with E-state index >= 15 is 0 Å². The van der Waals surface area contributed by atoms with Crippen LogP contribution in [0.3, 0.4) is 0 Å². The molecule has 0 bridgehead atoms. The van der Waals surface area contributed by atoms with E-state index in [1.165, 1.54) is 0 Å². The van der Waals surface area contributed by atoms with Gasteiger partial charge in [-0.05, 0) is 41.5 Å². The second-order valence-corrected chi connectivity index (χ2v) is 8.63. The van der Waals surface area contributed by atoms with Crippen molar-refractivity contribution in [3.05, 3.63) is 100 Å². The summed E-state index contributed by atoms with van der Waals surface area (Å²) in [5.74, 6) is -3.14. The molecule has 4 N–H and O–H groups in total. The van der Waals surface area contributed by atoms with Gasteiger partial charge in [0.15, 0.2) is 0 Å². The molecule has 0 aromatic heterocycles. The standard InChI is InChI=1S/C24H21ClN4O2.C2HF3O2/c25-20-11-9-18(10-12-20)24(31)28-14-19-3-1-2-4-21(19)29(22(30)15-28)13-16-5-7-17(8-6-16)23(26)27;3-2(4,5)1(6)7/h1-12H,13-15H2,(H3,26,27);(H,6,7). The molecule has 3 aromatic carbocycles. The second kappa shape index (κ2) is 11.8. The summed E-state index contributed by atoms with van der Waals surface area (Å²) in [4.78, 5) is 38.4. The van der Waals surface area contributed by atoms with Crippen LogP contribution in [-0.2, 0) is 22.7 Å². The number of aliphatic carboxylic acids is 1. The second-order valence-electron chi connectivity index (χ2n) is 8.19. The van der Waals surface area contributed by atoms with Crippen molar-refractivity contribution in [2.75, 3.05) is 11.4 Å². The Kier molecular flexibility index (Phi) is 8.74. The lowest BCUT2D eigenvalue weighted by Gasteiger charge is -2.23. The van der Waals surface area contributed by atoms with Crippen molar-refractivity contribution >= 4 is 40.9 Å². The zero-order chi connectivity index (χ0) is 28.0. The molecule has 3 aromatic rings. The molecule has 4 rings (SSSR count). The molecule has 1 aliphatic rings. The van der Waals surface area contributed by atoms with Crippen molar-refractivity contribution in [3.8, 4) is 0 Å². The number of anilines is 1. The van der Waals surface area contributed by atoms with E-state index in [0.717, 1.165) is 16.8 Å². The van der Waals surface area contributed by atoms with Crippen molar-refractivity contribution in [2.45, 2.75) is 19.3 Å². The van der Waals surface area contributed by atoms with Crippen molar-refractivity contribution in [1.29, 1.82) is 5.41 Å². The predicted molar refractivity (Wildman–Crippen MR) is 135 cm³/mol. The molecule has 0 unspecified atom stereocenters. The molecule has 1 aliphatic heterocycles. The third-order valence-electron chi connectivity index (χ3n) is 5.50. The van der Waals surface area contributed by atoms with Crippen LogP contribution >= 0.6 is 11.6 Å². The van der Waals surface area contributed by atoms with Gasteiger partial charge >= 0.3 is 12.1 Å². The zero-order valence-corrected chi connectivity index (χ0v) is 20.5. The molecule has 0 radical (unpaired) electrons. The number of nitrogens with zero attached hydrogens (tertiary/aromatic N) is 2. The van der Waals surface area contributed by atoms with Crippen LogP contribution in [0.2, 0.25) is 5.02 Å². The molecule has 198 valence electrons. The minimum atomic E-state index is -5.08. The van der Waals surface area contributed by atoms with E-state index in [9.17, 15) is 22.8 Å². The summed E-state index contributed by atoms with van der Waals surface area (Å²) in [5, 5.41) is 15.2. The van der Waals surface area contributed by atoms with Gasteiger partial charge in [-0.1, -0.05) is 54.1 Å². The Morgan fingerprint density at radius 1 is 0.947 bits per heavy atom. The summed E-state index contributed by atoms with van der Waals surface area (Å²) < 4.78 is 31.7. The van der Waals surface area contributed by atoms with Gasteiger partial charge in [-0.25, -0.2) is 4.79 Å². The third kappa shape index (κ3) is 7.10. The summed E-state index contributed by atoms with van der Waals surface area (Å²) in [6.45, 7) is 0.668. The van der Waals surface area contributed by atoms with Crippen molar-refractivity contribution in [1.82, 2.24) is 4.90 Å². The fourth-order valence-electron chi connectivity index (χ4n) is 3.62. The first-order valence-electron chi connectivity index (χ1n) is 11.0. The number of fused-ring (bicyclic) bond motifs is 1. The number of nitrogen functional groups attached to an aromatic ring is 1. The number of hydrogen-bond donors (Lipinski definition) is 3. The number of amidine groups is 1. The molecule has 0 fully saturated rings. The van der Waals surface area contributed by atoms with Gasteiger partial charge in [0.2, 0.25) is 5.91 Å². The molecular weight excluding hydrogens is 525 g/mol. The van der Waals surface area contributed by atoms with Gasteiger partial charge in [-0.15, -0.1) is 0 Å². The number of alkyl halides is 3. The largest absolute Gasteiger partial charge is 0.490 e. The average Bonchev–Trinajstić information content (AvgIpc) is 3.00. The lowest BCUT2D eigenvalue weighted by Crippen LogP contribution is -2.39. The molecule has 38 heavy (non-hydrogen) atoms. The fourth-order valence-corrected chi connectivity index (χ4v) is 3.74. The Balaban J connectivity index is 0.000000505. The first-order valence-corrected chi connectivity index (χ1v) is 11.4. The number of amides is 2. The number of carbonyl (C=O) groups excluding carboxylic acids is 2. The quantitative estimate of drug-likeness (QED) is 0.329. The topological polar surface area (TPSA) is 128 Å². The zero-order valence-electron chi connectivity index (χ0n) is 19.7. The minimum absolute atomic E-state index is 0.000835. The average molecular weight is 547 g/mol. The SMILES string of the molecule is N=C(N)c1ccc(CN2C(=O)CN(C(=O)c3ccc(Cl)cc3)Cc3ccccc32)cc1.O=C(O)C(F)(F)F. The highest BCUT2D eigenvalue weighted by molar-refractivity contribution is 6.30. The number of halogens is 4. The molecule has 1 heterocycles. The highest BCUT2D eigenvalue weighted by Gasteiger charge is 2.38. The van der Waals surface area contributed by atoms with Crippen molar-refractivity contribution in [2.24, 2.45) is 5.73 Å². The summed E-state index contributed by atoms with van der Waals surface area (Å²) in [7, 11) is 0. The number of carboxylic acids is 1. The molecular formula is C26H22ClF3N4O4. The monoisotopic (exact) mass is 546 g/mol. The molecule has 0 saturated carbocycles. The van der Waals surface area contributed by atoms with Crippen LogP contribution in [-0.4, -0.2) is 46.3 Å². The van der Waals surface area contributed by atoms with Crippen molar-refractivity contribution < 1.29 is 32.7 Å².